The van der Waals surface area contributed by atoms with Gasteiger partial charge < -0.3 is 10.2 Å². The van der Waals surface area contributed by atoms with Crippen LogP contribution in [0.1, 0.15) is 0 Å². The molecular formula is C10H11Cl2NO4S. The van der Waals surface area contributed by atoms with Crippen LogP contribution in [0.3, 0.4) is 0 Å². The van der Waals surface area contributed by atoms with Crippen LogP contribution in [0.4, 0.5) is 0 Å². The lowest BCUT2D eigenvalue weighted by Gasteiger charge is -2.15. The molecule has 0 spiro atoms. The molecule has 5 nitrogen and oxygen atoms in total. The van der Waals surface area contributed by atoms with Crippen molar-refractivity contribution in [2.75, 3.05) is 13.1 Å². The highest BCUT2D eigenvalue weighted by atomic mass is 35.5. The first kappa shape index (κ1) is 14.0. The monoisotopic (exact) mass is 311 g/mol. The van der Waals surface area contributed by atoms with Crippen molar-refractivity contribution in [3.8, 4) is 0 Å². The van der Waals surface area contributed by atoms with Gasteiger partial charge in [0.25, 0.3) is 0 Å². The molecular weight excluding hydrogens is 301 g/mol. The van der Waals surface area contributed by atoms with E-state index in [2.05, 4.69) is 0 Å². The first-order valence-corrected chi connectivity index (χ1v) is 7.33. The number of rotatable bonds is 2. The maximum atomic E-state index is 12.2. The van der Waals surface area contributed by atoms with Crippen molar-refractivity contribution in [2.24, 2.45) is 0 Å². The van der Waals surface area contributed by atoms with Gasteiger partial charge in [0, 0.05) is 13.1 Å². The minimum absolute atomic E-state index is 0.0156. The third-order valence-corrected chi connectivity index (χ3v) is 5.32. The molecule has 0 saturated carbocycles. The zero-order valence-corrected chi connectivity index (χ0v) is 11.5. The number of β-amino-alcohol motifs (C(OH)–C–C–N with tert-alkyl or cyclic N) is 2. The first-order chi connectivity index (χ1) is 8.32. The van der Waals surface area contributed by atoms with Crippen LogP contribution in [0, 0.1) is 0 Å². The number of hydrogen-bond donors (Lipinski definition) is 2. The Morgan fingerprint density at radius 3 is 2.17 bits per heavy atom. The second-order valence-electron chi connectivity index (χ2n) is 4.03. The highest BCUT2D eigenvalue weighted by Gasteiger charge is 2.37. The molecule has 0 bridgehead atoms. The summed E-state index contributed by atoms with van der Waals surface area (Å²) < 4.78 is 25.4. The number of benzene rings is 1. The van der Waals surface area contributed by atoms with E-state index in [9.17, 15) is 18.6 Å². The van der Waals surface area contributed by atoms with Crippen LogP contribution in [-0.4, -0.2) is 48.2 Å². The van der Waals surface area contributed by atoms with Gasteiger partial charge in [-0.2, -0.15) is 4.31 Å². The second-order valence-corrected chi connectivity index (χ2v) is 6.78. The van der Waals surface area contributed by atoms with Crippen molar-refractivity contribution < 1.29 is 18.6 Å². The molecule has 2 atom stereocenters. The van der Waals surface area contributed by atoms with E-state index in [1.807, 2.05) is 0 Å². The van der Waals surface area contributed by atoms with Crippen LogP contribution >= 0.6 is 23.2 Å². The Kier molecular flexibility index (Phi) is 3.87. The smallest absolute Gasteiger partial charge is 0.243 e. The van der Waals surface area contributed by atoms with Gasteiger partial charge in [0.1, 0.15) is 0 Å². The summed E-state index contributed by atoms with van der Waals surface area (Å²) in [6, 6.07) is 3.97. The van der Waals surface area contributed by atoms with E-state index < -0.39 is 22.2 Å². The van der Waals surface area contributed by atoms with Gasteiger partial charge in [-0.25, -0.2) is 8.42 Å². The van der Waals surface area contributed by atoms with E-state index in [4.69, 9.17) is 23.2 Å². The van der Waals surface area contributed by atoms with E-state index >= 15 is 0 Å². The topological polar surface area (TPSA) is 77.8 Å². The number of hydrogen-bond acceptors (Lipinski definition) is 4. The van der Waals surface area contributed by atoms with Crippen LogP contribution in [0.5, 0.6) is 0 Å². The van der Waals surface area contributed by atoms with Crippen molar-refractivity contribution in [2.45, 2.75) is 17.1 Å². The molecule has 1 aromatic rings. The third kappa shape index (κ3) is 2.49. The molecule has 18 heavy (non-hydrogen) atoms. The highest BCUT2D eigenvalue weighted by Crippen LogP contribution is 2.28. The molecule has 100 valence electrons. The normalized spacial score (nSPS) is 25.6. The predicted molar refractivity (Wildman–Crippen MR) is 67.2 cm³/mol. The lowest BCUT2D eigenvalue weighted by molar-refractivity contribution is 0.0572. The van der Waals surface area contributed by atoms with E-state index in [0.717, 1.165) is 4.31 Å². The Hall–Kier alpha value is -0.370. The van der Waals surface area contributed by atoms with Crippen LogP contribution in [0.25, 0.3) is 0 Å². The minimum atomic E-state index is -3.77. The minimum Gasteiger partial charge on any atom is -0.389 e. The Balaban J connectivity index is 2.34. The summed E-state index contributed by atoms with van der Waals surface area (Å²) in [6.45, 7) is -0.270. The number of halogens is 2. The predicted octanol–water partition coefficient (Wildman–Crippen LogP) is 0.720. The lowest BCUT2D eigenvalue weighted by Crippen LogP contribution is -2.29. The molecule has 1 saturated heterocycles. The summed E-state index contributed by atoms with van der Waals surface area (Å²) in [5.41, 5.74) is 0. The molecule has 1 aliphatic rings. The molecule has 0 aromatic heterocycles. The molecule has 2 rings (SSSR count). The molecule has 1 heterocycles. The Bertz CT molecular complexity index is 553. The molecule has 1 aromatic carbocycles. The second kappa shape index (κ2) is 4.96. The Labute approximate surface area is 115 Å². The largest absolute Gasteiger partial charge is 0.389 e. The molecule has 0 unspecified atom stereocenters. The van der Waals surface area contributed by atoms with Gasteiger partial charge in [-0.1, -0.05) is 23.2 Å². The van der Waals surface area contributed by atoms with Crippen molar-refractivity contribution >= 4 is 33.2 Å². The number of sulfonamides is 1. The Morgan fingerprint density at radius 2 is 1.67 bits per heavy atom. The fourth-order valence-corrected chi connectivity index (χ4v) is 3.58. The molecule has 0 radical (unpaired) electrons. The van der Waals surface area contributed by atoms with E-state index in [0.29, 0.717) is 0 Å². The summed E-state index contributed by atoms with van der Waals surface area (Å²) in [4.78, 5) is -0.0156. The first-order valence-electron chi connectivity index (χ1n) is 5.13. The molecule has 0 aliphatic carbocycles. The van der Waals surface area contributed by atoms with Gasteiger partial charge in [0.2, 0.25) is 10.0 Å². The lowest BCUT2D eigenvalue weighted by atomic mass is 10.3. The maximum Gasteiger partial charge on any atom is 0.243 e. The summed E-state index contributed by atoms with van der Waals surface area (Å²) in [7, 11) is -3.77. The fourth-order valence-electron chi connectivity index (χ4n) is 1.72. The zero-order valence-electron chi connectivity index (χ0n) is 9.12. The zero-order chi connectivity index (χ0) is 13.5. The summed E-state index contributed by atoms with van der Waals surface area (Å²) in [5.74, 6) is 0. The van der Waals surface area contributed by atoms with Gasteiger partial charge in [-0.15, -0.1) is 0 Å². The molecule has 0 amide bonds. The Morgan fingerprint density at radius 1 is 1.11 bits per heavy atom. The van der Waals surface area contributed by atoms with Crippen molar-refractivity contribution in [3.63, 3.8) is 0 Å². The quantitative estimate of drug-likeness (QED) is 0.843. The van der Waals surface area contributed by atoms with Crippen molar-refractivity contribution in [1.29, 1.82) is 0 Å². The van der Waals surface area contributed by atoms with Crippen LogP contribution < -0.4 is 0 Å². The average Bonchev–Trinajstić information content (AvgIpc) is 2.64. The third-order valence-electron chi connectivity index (χ3n) is 2.75. The highest BCUT2D eigenvalue weighted by molar-refractivity contribution is 7.89. The molecule has 8 heteroatoms. The van der Waals surface area contributed by atoms with Gasteiger partial charge in [0.05, 0.1) is 27.1 Å². The van der Waals surface area contributed by atoms with E-state index in [-0.39, 0.29) is 28.0 Å². The van der Waals surface area contributed by atoms with E-state index in [1.165, 1.54) is 18.2 Å². The van der Waals surface area contributed by atoms with Gasteiger partial charge >= 0.3 is 0 Å². The standard InChI is InChI=1S/C10H11Cl2NO4S/c11-7-2-1-6(3-8(7)12)18(16,17)13-4-9(14)10(15)5-13/h1-3,9-10,14-15H,4-5H2/t9-,10+. The molecule has 1 fully saturated rings. The number of aliphatic hydroxyl groups excluding tert-OH is 2. The maximum absolute atomic E-state index is 12.2. The summed E-state index contributed by atoms with van der Waals surface area (Å²) in [5, 5.41) is 19.1. The van der Waals surface area contributed by atoms with Gasteiger partial charge in [-0.3, -0.25) is 0 Å². The van der Waals surface area contributed by atoms with Crippen LogP contribution in [-0.2, 0) is 10.0 Å². The molecule has 2 N–H and O–H groups in total. The summed E-state index contributed by atoms with van der Waals surface area (Å²) in [6.07, 6.45) is -2.13. The number of nitrogens with zero attached hydrogens (tertiary/aromatic N) is 1. The summed E-state index contributed by atoms with van der Waals surface area (Å²) >= 11 is 11.5. The molecule has 1 aliphatic heterocycles. The number of aliphatic hydroxyl groups is 2. The van der Waals surface area contributed by atoms with Gasteiger partial charge in [0.15, 0.2) is 0 Å². The van der Waals surface area contributed by atoms with Crippen molar-refractivity contribution in [1.82, 2.24) is 4.31 Å². The van der Waals surface area contributed by atoms with Crippen molar-refractivity contribution in [3.05, 3.63) is 28.2 Å². The van der Waals surface area contributed by atoms with Crippen LogP contribution in [0.15, 0.2) is 23.1 Å². The van der Waals surface area contributed by atoms with E-state index in [1.54, 1.807) is 0 Å². The SMILES string of the molecule is O=S(=O)(c1ccc(Cl)c(Cl)c1)N1C[C@@H](O)[C@@H](O)C1. The fraction of sp³-hybridized carbons (Fsp3) is 0.400. The average molecular weight is 312 g/mol. The van der Waals surface area contributed by atoms with Crippen LogP contribution in [0.2, 0.25) is 10.0 Å². The van der Waals surface area contributed by atoms with Gasteiger partial charge in [-0.05, 0) is 18.2 Å².